The summed E-state index contributed by atoms with van der Waals surface area (Å²) >= 11 is 0. The summed E-state index contributed by atoms with van der Waals surface area (Å²) in [5.74, 6) is -2.71. The number of halogens is 2. The van der Waals surface area contributed by atoms with Gasteiger partial charge in [-0.2, -0.15) is 0 Å². The van der Waals surface area contributed by atoms with E-state index in [0.717, 1.165) is 6.92 Å². The topological polar surface area (TPSA) is 21.3 Å². The minimum absolute atomic E-state index is 0.253. The van der Waals surface area contributed by atoms with E-state index in [0.29, 0.717) is 13.2 Å². The van der Waals surface area contributed by atoms with Crippen molar-refractivity contribution in [2.24, 2.45) is 0 Å². The van der Waals surface area contributed by atoms with E-state index in [9.17, 15) is 8.78 Å². The van der Waals surface area contributed by atoms with Crippen molar-refractivity contribution < 1.29 is 13.5 Å². The molecular weight excluding hydrogens is 140 g/mol. The lowest BCUT2D eigenvalue weighted by atomic mass is 10.2. The predicted molar refractivity (Wildman–Crippen MR) is 33.2 cm³/mol. The van der Waals surface area contributed by atoms with Crippen LogP contribution in [-0.4, -0.2) is 31.7 Å². The second-order valence-corrected chi connectivity index (χ2v) is 2.52. The maximum absolute atomic E-state index is 12.4. The molecule has 1 aliphatic rings. The lowest BCUT2D eigenvalue weighted by Gasteiger charge is -2.27. The van der Waals surface area contributed by atoms with Crippen LogP contribution in [0.5, 0.6) is 0 Å². The van der Waals surface area contributed by atoms with E-state index in [1.807, 2.05) is 0 Å². The third kappa shape index (κ3) is 1.88. The molecule has 0 amide bonds. The van der Waals surface area contributed by atoms with Gasteiger partial charge < -0.3 is 10.1 Å². The van der Waals surface area contributed by atoms with Crippen molar-refractivity contribution in [3.8, 4) is 0 Å². The van der Waals surface area contributed by atoms with Gasteiger partial charge in [-0.05, 0) is 0 Å². The number of hydrogen-bond donors (Lipinski definition) is 1. The maximum Gasteiger partial charge on any atom is 0.272 e. The Morgan fingerprint density at radius 3 is 2.60 bits per heavy atom. The van der Waals surface area contributed by atoms with Gasteiger partial charge in [-0.25, -0.2) is 8.78 Å². The summed E-state index contributed by atoms with van der Waals surface area (Å²) < 4.78 is 29.7. The summed E-state index contributed by atoms with van der Waals surface area (Å²) in [6.45, 7) is 2.19. The molecule has 1 unspecified atom stereocenters. The molecule has 0 saturated carbocycles. The molecule has 1 heterocycles. The van der Waals surface area contributed by atoms with Crippen LogP contribution in [0.2, 0.25) is 0 Å². The van der Waals surface area contributed by atoms with E-state index in [1.54, 1.807) is 0 Å². The fourth-order valence-corrected chi connectivity index (χ4v) is 0.891. The van der Waals surface area contributed by atoms with Crippen molar-refractivity contribution in [3.63, 3.8) is 0 Å². The van der Waals surface area contributed by atoms with Gasteiger partial charge in [0.05, 0.1) is 6.61 Å². The molecule has 0 aromatic rings. The fourth-order valence-electron chi connectivity index (χ4n) is 0.891. The van der Waals surface area contributed by atoms with Crippen molar-refractivity contribution in [1.29, 1.82) is 0 Å². The van der Waals surface area contributed by atoms with E-state index < -0.39 is 12.0 Å². The molecule has 0 radical (unpaired) electrons. The van der Waals surface area contributed by atoms with Crippen LogP contribution in [-0.2, 0) is 4.74 Å². The number of morpholine rings is 1. The minimum atomic E-state index is -2.71. The highest BCUT2D eigenvalue weighted by Gasteiger charge is 2.35. The van der Waals surface area contributed by atoms with Crippen LogP contribution < -0.4 is 5.32 Å². The molecule has 0 bridgehead atoms. The van der Waals surface area contributed by atoms with Crippen LogP contribution in [0.3, 0.4) is 0 Å². The summed E-state index contributed by atoms with van der Waals surface area (Å²) in [6, 6.07) is 0. The number of nitrogens with one attached hydrogen (secondary N) is 1. The summed E-state index contributed by atoms with van der Waals surface area (Å²) in [5.41, 5.74) is 0. The molecule has 1 atom stereocenters. The van der Waals surface area contributed by atoms with Crippen molar-refractivity contribution >= 4 is 0 Å². The average molecular weight is 151 g/mol. The molecule has 1 aliphatic heterocycles. The smallest absolute Gasteiger partial charge is 0.272 e. The lowest BCUT2D eigenvalue weighted by Crippen LogP contribution is -2.47. The van der Waals surface area contributed by atoms with E-state index in [1.165, 1.54) is 0 Å². The summed E-state index contributed by atoms with van der Waals surface area (Å²) in [7, 11) is 0. The Bertz CT molecular complexity index is 107. The predicted octanol–water partition coefficient (Wildman–Crippen LogP) is 0.630. The van der Waals surface area contributed by atoms with Gasteiger partial charge >= 0.3 is 0 Å². The highest BCUT2D eigenvalue weighted by Crippen LogP contribution is 2.20. The number of rotatable bonds is 1. The van der Waals surface area contributed by atoms with Gasteiger partial charge in [-0.15, -0.1) is 0 Å². The zero-order valence-corrected chi connectivity index (χ0v) is 5.86. The number of ether oxygens (including phenoxy) is 1. The Balaban J connectivity index is 2.39. The molecular formula is C6H11F2NO. The standard InChI is InChI=1S/C6H11F2NO/c1-6(7,8)5-4-9-2-3-10-5/h5,9H,2-4H2,1H3. The molecule has 1 saturated heterocycles. The maximum atomic E-state index is 12.4. The Morgan fingerprint density at radius 1 is 1.60 bits per heavy atom. The lowest BCUT2D eigenvalue weighted by molar-refractivity contribution is -0.134. The highest BCUT2D eigenvalue weighted by atomic mass is 19.3. The van der Waals surface area contributed by atoms with Gasteiger partial charge in [0.15, 0.2) is 0 Å². The first-order valence-corrected chi connectivity index (χ1v) is 3.31. The van der Waals surface area contributed by atoms with Crippen molar-refractivity contribution in [2.75, 3.05) is 19.7 Å². The molecule has 0 aliphatic carbocycles. The third-order valence-electron chi connectivity index (χ3n) is 1.49. The van der Waals surface area contributed by atoms with Gasteiger partial charge in [0.25, 0.3) is 5.92 Å². The SMILES string of the molecule is CC(F)(F)C1CNCCO1. The second-order valence-electron chi connectivity index (χ2n) is 2.52. The first kappa shape index (κ1) is 7.88. The van der Waals surface area contributed by atoms with Crippen LogP contribution in [0.1, 0.15) is 6.92 Å². The minimum Gasteiger partial charge on any atom is -0.369 e. The van der Waals surface area contributed by atoms with Crippen LogP contribution in [0, 0.1) is 0 Å². The van der Waals surface area contributed by atoms with Crippen LogP contribution in [0.25, 0.3) is 0 Å². The van der Waals surface area contributed by atoms with Crippen molar-refractivity contribution in [2.45, 2.75) is 19.0 Å². The molecule has 2 nitrogen and oxygen atoms in total. The zero-order chi connectivity index (χ0) is 7.61. The third-order valence-corrected chi connectivity index (χ3v) is 1.49. The monoisotopic (exact) mass is 151 g/mol. The summed E-state index contributed by atoms with van der Waals surface area (Å²) in [4.78, 5) is 0. The molecule has 0 spiro atoms. The quantitative estimate of drug-likeness (QED) is 0.593. The van der Waals surface area contributed by atoms with Crippen molar-refractivity contribution in [1.82, 2.24) is 5.32 Å². The molecule has 4 heteroatoms. The molecule has 1 fully saturated rings. The van der Waals surface area contributed by atoms with Gasteiger partial charge in [0.1, 0.15) is 6.10 Å². The Hall–Kier alpha value is -0.220. The van der Waals surface area contributed by atoms with Crippen LogP contribution in [0.15, 0.2) is 0 Å². The molecule has 0 aromatic carbocycles. The highest BCUT2D eigenvalue weighted by molar-refractivity contribution is 4.77. The first-order valence-electron chi connectivity index (χ1n) is 3.31. The van der Waals surface area contributed by atoms with Gasteiger partial charge in [0, 0.05) is 20.0 Å². The largest absolute Gasteiger partial charge is 0.369 e. The van der Waals surface area contributed by atoms with E-state index in [-0.39, 0.29) is 6.54 Å². The molecule has 0 aromatic heterocycles. The average Bonchev–Trinajstić information content (AvgIpc) is 1.88. The van der Waals surface area contributed by atoms with Crippen LogP contribution in [0.4, 0.5) is 8.78 Å². The number of alkyl halides is 2. The Morgan fingerprint density at radius 2 is 2.30 bits per heavy atom. The molecule has 1 N–H and O–H groups in total. The van der Waals surface area contributed by atoms with Crippen molar-refractivity contribution in [3.05, 3.63) is 0 Å². The van der Waals surface area contributed by atoms with E-state index in [2.05, 4.69) is 5.32 Å². The number of hydrogen-bond acceptors (Lipinski definition) is 2. The van der Waals surface area contributed by atoms with E-state index in [4.69, 9.17) is 4.74 Å². The van der Waals surface area contributed by atoms with Gasteiger partial charge in [0.2, 0.25) is 0 Å². The molecule has 1 rings (SSSR count). The summed E-state index contributed by atoms with van der Waals surface area (Å²) in [5, 5.41) is 2.84. The Labute approximate surface area is 58.6 Å². The second kappa shape index (κ2) is 2.80. The fraction of sp³-hybridized carbons (Fsp3) is 1.00. The zero-order valence-electron chi connectivity index (χ0n) is 5.86. The summed E-state index contributed by atoms with van der Waals surface area (Å²) in [6.07, 6.45) is -0.943. The van der Waals surface area contributed by atoms with Gasteiger partial charge in [-0.1, -0.05) is 0 Å². The van der Waals surface area contributed by atoms with Gasteiger partial charge in [-0.3, -0.25) is 0 Å². The first-order chi connectivity index (χ1) is 4.61. The normalized spacial score (nSPS) is 28.5. The molecule has 10 heavy (non-hydrogen) atoms. The molecule has 60 valence electrons. The van der Waals surface area contributed by atoms with E-state index >= 15 is 0 Å². The van der Waals surface area contributed by atoms with Crippen LogP contribution >= 0.6 is 0 Å². The Kier molecular flexibility index (Phi) is 2.21.